The molecule has 88 valence electrons. The first-order valence-electron chi connectivity index (χ1n) is 5.44. The second-order valence-electron chi connectivity index (χ2n) is 3.49. The molecule has 0 fully saturated rings. The number of aromatic nitrogens is 2. The molecule has 1 N–H and O–H groups in total. The lowest BCUT2D eigenvalue weighted by atomic mass is 10.2. The second kappa shape index (κ2) is 8.21. The lowest BCUT2D eigenvalue weighted by Crippen LogP contribution is -2.24. The van der Waals surface area contributed by atoms with Crippen LogP contribution in [0.25, 0.3) is 0 Å². The minimum absolute atomic E-state index is 0.0962. The van der Waals surface area contributed by atoms with Gasteiger partial charge in [0.2, 0.25) is 0 Å². The highest BCUT2D eigenvalue weighted by Crippen LogP contribution is 2.01. The number of hydrogen-bond acceptors (Lipinski definition) is 3. The Morgan fingerprint density at radius 1 is 1.19 bits per heavy atom. The monoisotopic (exact) mass is 285 g/mol. The molecular formula is C11H16BrN3O. The molecule has 5 heteroatoms. The zero-order valence-electron chi connectivity index (χ0n) is 9.16. The van der Waals surface area contributed by atoms with Crippen LogP contribution in [0.5, 0.6) is 0 Å². The van der Waals surface area contributed by atoms with E-state index in [4.69, 9.17) is 0 Å². The van der Waals surface area contributed by atoms with Crippen LogP contribution in [0, 0.1) is 0 Å². The SMILES string of the molecule is O=C(NCCCCCCBr)c1cncnc1. The topological polar surface area (TPSA) is 54.9 Å². The molecule has 1 heterocycles. The third-order valence-electron chi connectivity index (χ3n) is 2.17. The van der Waals surface area contributed by atoms with Crippen molar-refractivity contribution in [3.8, 4) is 0 Å². The maximum atomic E-state index is 11.5. The fourth-order valence-corrected chi connectivity index (χ4v) is 1.69. The van der Waals surface area contributed by atoms with Crippen molar-refractivity contribution in [3.05, 3.63) is 24.3 Å². The van der Waals surface area contributed by atoms with Crippen LogP contribution in [0.3, 0.4) is 0 Å². The van der Waals surface area contributed by atoms with Gasteiger partial charge in [0, 0.05) is 24.3 Å². The van der Waals surface area contributed by atoms with Crippen molar-refractivity contribution in [1.29, 1.82) is 0 Å². The van der Waals surface area contributed by atoms with Crippen LogP contribution in [-0.4, -0.2) is 27.7 Å². The number of unbranched alkanes of at least 4 members (excludes halogenated alkanes) is 3. The number of carbonyl (C=O) groups excluding carboxylic acids is 1. The van der Waals surface area contributed by atoms with Crippen molar-refractivity contribution in [3.63, 3.8) is 0 Å². The van der Waals surface area contributed by atoms with Crippen molar-refractivity contribution in [2.24, 2.45) is 0 Å². The van der Waals surface area contributed by atoms with Gasteiger partial charge in [-0.1, -0.05) is 28.8 Å². The summed E-state index contributed by atoms with van der Waals surface area (Å²) in [7, 11) is 0. The van der Waals surface area contributed by atoms with E-state index in [-0.39, 0.29) is 5.91 Å². The van der Waals surface area contributed by atoms with Gasteiger partial charge in [0.25, 0.3) is 5.91 Å². The first-order valence-corrected chi connectivity index (χ1v) is 6.56. The van der Waals surface area contributed by atoms with Crippen molar-refractivity contribution in [1.82, 2.24) is 15.3 Å². The Bertz CT molecular complexity index is 305. The largest absolute Gasteiger partial charge is 0.352 e. The van der Waals surface area contributed by atoms with Crippen LogP contribution < -0.4 is 5.32 Å². The Hall–Kier alpha value is -0.970. The van der Waals surface area contributed by atoms with Crippen LogP contribution in [0.2, 0.25) is 0 Å². The van der Waals surface area contributed by atoms with E-state index in [2.05, 4.69) is 31.2 Å². The molecule has 0 saturated heterocycles. The van der Waals surface area contributed by atoms with Gasteiger partial charge in [-0.2, -0.15) is 0 Å². The first kappa shape index (κ1) is 13.1. The zero-order chi connectivity index (χ0) is 11.6. The lowest BCUT2D eigenvalue weighted by Gasteiger charge is -2.03. The summed E-state index contributed by atoms with van der Waals surface area (Å²) >= 11 is 3.39. The molecule has 1 amide bonds. The third kappa shape index (κ3) is 5.21. The van der Waals surface area contributed by atoms with E-state index in [0.29, 0.717) is 5.56 Å². The zero-order valence-corrected chi connectivity index (χ0v) is 10.7. The molecule has 0 bridgehead atoms. The normalized spacial score (nSPS) is 10.1. The van der Waals surface area contributed by atoms with Gasteiger partial charge in [-0.05, 0) is 12.8 Å². The summed E-state index contributed by atoms with van der Waals surface area (Å²) < 4.78 is 0. The van der Waals surface area contributed by atoms with E-state index in [9.17, 15) is 4.79 Å². The molecule has 1 aromatic rings. The summed E-state index contributed by atoms with van der Waals surface area (Å²) in [6.07, 6.45) is 9.02. The number of nitrogens with one attached hydrogen (secondary N) is 1. The summed E-state index contributed by atoms with van der Waals surface area (Å²) in [4.78, 5) is 19.1. The van der Waals surface area contributed by atoms with Gasteiger partial charge < -0.3 is 5.32 Å². The lowest BCUT2D eigenvalue weighted by molar-refractivity contribution is 0.0952. The number of amides is 1. The number of alkyl halides is 1. The number of hydrogen-bond donors (Lipinski definition) is 1. The summed E-state index contributed by atoms with van der Waals surface area (Å²) in [5, 5.41) is 3.90. The summed E-state index contributed by atoms with van der Waals surface area (Å²) in [5.74, 6) is -0.0962. The fraction of sp³-hybridized carbons (Fsp3) is 0.545. The highest BCUT2D eigenvalue weighted by Gasteiger charge is 2.03. The Morgan fingerprint density at radius 2 is 1.88 bits per heavy atom. The van der Waals surface area contributed by atoms with Crippen molar-refractivity contribution in [2.75, 3.05) is 11.9 Å². The van der Waals surface area contributed by atoms with Crippen LogP contribution in [0.15, 0.2) is 18.7 Å². The molecule has 0 radical (unpaired) electrons. The molecule has 0 aromatic carbocycles. The van der Waals surface area contributed by atoms with Gasteiger partial charge in [-0.15, -0.1) is 0 Å². The summed E-state index contributed by atoms with van der Waals surface area (Å²) in [6.45, 7) is 0.718. The molecule has 0 saturated carbocycles. The van der Waals surface area contributed by atoms with E-state index in [1.807, 2.05) is 0 Å². The maximum absolute atomic E-state index is 11.5. The van der Waals surface area contributed by atoms with E-state index in [0.717, 1.165) is 24.7 Å². The van der Waals surface area contributed by atoms with Crippen LogP contribution in [-0.2, 0) is 0 Å². The molecule has 1 aromatic heterocycles. The quantitative estimate of drug-likeness (QED) is 0.617. The fourth-order valence-electron chi connectivity index (χ4n) is 1.29. The molecule has 1 rings (SSSR count). The third-order valence-corrected chi connectivity index (χ3v) is 2.73. The predicted molar refractivity (Wildman–Crippen MR) is 66.6 cm³/mol. The molecule has 0 unspecified atom stereocenters. The van der Waals surface area contributed by atoms with Gasteiger partial charge in [0.1, 0.15) is 6.33 Å². The van der Waals surface area contributed by atoms with E-state index >= 15 is 0 Å². The van der Waals surface area contributed by atoms with Crippen molar-refractivity contribution < 1.29 is 4.79 Å². The molecule has 16 heavy (non-hydrogen) atoms. The van der Waals surface area contributed by atoms with Crippen LogP contribution in [0.4, 0.5) is 0 Å². The van der Waals surface area contributed by atoms with E-state index in [1.54, 1.807) is 0 Å². The smallest absolute Gasteiger partial charge is 0.254 e. The molecule has 0 aliphatic rings. The predicted octanol–water partition coefficient (Wildman–Crippen LogP) is 2.16. The van der Waals surface area contributed by atoms with E-state index < -0.39 is 0 Å². The minimum atomic E-state index is -0.0962. The Balaban J connectivity index is 2.12. The molecule has 4 nitrogen and oxygen atoms in total. The van der Waals surface area contributed by atoms with Gasteiger partial charge >= 0.3 is 0 Å². The maximum Gasteiger partial charge on any atom is 0.254 e. The standard InChI is InChI=1S/C11H16BrN3O/c12-5-3-1-2-4-6-15-11(16)10-7-13-9-14-8-10/h7-9H,1-6H2,(H,15,16). The first-order chi connectivity index (χ1) is 7.84. The molecule has 0 aliphatic carbocycles. The van der Waals surface area contributed by atoms with Gasteiger partial charge in [-0.25, -0.2) is 9.97 Å². The van der Waals surface area contributed by atoms with Gasteiger partial charge in [-0.3, -0.25) is 4.79 Å². The Morgan fingerprint density at radius 3 is 2.56 bits per heavy atom. The average Bonchev–Trinajstić information content (AvgIpc) is 2.34. The van der Waals surface area contributed by atoms with Gasteiger partial charge in [0.15, 0.2) is 0 Å². The number of halogens is 1. The highest BCUT2D eigenvalue weighted by molar-refractivity contribution is 9.09. The second-order valence-corrected chi connectivity index (χ2v) is 4.28. The Kier molecular flexibility index (Phi) is 6.72. The van der Waals surface area contributed by atoms with Gasteiger partial charge in [0.05, 0.1) is 5.56 Å². The molecule has 0 atom stereocenters. The summed E-state index contributed by atoms with van der Waals surface area (Å²) in [5.41, 5.74) is 0.517. The highest BCUT2D eigenvalue weighted by atomic mass is 79.9. The molecular weight excluding hydrogens is 270 g/mol. The summed E-state index contributed by atoms with van der Waals surface area (Å²) in [6, 6.07) is 0. The van der Waals surface area contributed by atoms with Crippen LogP contribution in [0.1, 0.15) is 36.0 Å². The number of nitrogens with zero attached hydrogens (tertiary/aromatic N) is 2. The molecule has 0 aliphatic heterocycles. The molecule has 0 spiro atoms. The average molecular weight is 286 g/mol. The Labute approximate surface area is 104 Å². The van der Waals surface area contributed by atoms with Crippen LogP contribution >= 0.6 is 15.9 Å². The number of carbonyl (C=O) groups is 1. The van der Waals surface area contributed by atoms with Crippen molar-refractivity contribution >= 4 is 21.8 Å². The minimum Gasteiger partial charge on any atom is -0.352 e. The van der Waals surface area contributed by atoms with Crippen molar-refractivity contribution in [2.45, 2.75) is 25.7 Å². The van der Waals surface area contributed by atoms with E-state index in [1.165, 1.54) is 31.6 Å². The number of rotatable bonds is 7.